The summed E-state index contributed by atoms with van der Waals surface area (Å²) in [6.07, 6.45) is 0. The minimum atomic E-state index is -0.461. The van der Waals surface area contributed by atoms with Crippen LogP contribution in [-0.4, -0.2) is 0 Å². The van der Waals surface area contributed by atoms with E-state index in [0.717, 1.165) is 28.2 Å². The zero-order valence-corrected chi connectivity index (χ0v) is 38.6. The molecule has 0 fully saturated rings. The largest absolute Gasteiger partial charge is 0.310 e. The van der Waals surface area contributed by atoms with Crippen LogP contribution in [0, 0.1) is 0 Å². The molecule has 1 aliphatic rings. The molecule has 1 heteroatoms. The summed E-state index contributed by atoms with van der Waals surface area (Å²) in [5.41, 5.74) is 20.1. The van der Waals surface area contributed by atoms with Crippen molar-refractivity contribution in [2.24, 2.45) is 0 Å². The zero-order valence-electron chi connectivity index (χ0n) is 38.6. The molecule has 0 atom stereocenters. The molecule has 12 aromatic rings. The fourth-order valence-electron chi connectivity index (χ4n) is 11.3. The van der Waals surface area contributed by atoms with Gasteiger partial charge in [0.15, 0.2) is 0 Å². The van der Waals surface area contributed by atoms with E-state index in [1.807, 2.05) is 0 Å². The molecule has 1 nitrogen and oxygen atoms in total. The Morgan fingerprint density at radius 1 is 0.257 bits per heavy atom. The van der Waals surface area contributed by atoms with E-state index in [2.05, 4.69) is 290 Å². The SMILES string of the molecule is c1ccc(C2(c3ccccc3)c3ccccc3-c3c(-c4ccc(N(c5ccc(-c6ccc7ccccc7c6)cc5)c5ccccc5-c5ccc(-c6cccc7ccccc67)cc5)cc4)cccc32)cc1. The molecule has 0 radical (unpaired) electrons. The second-order valence-corrected chi connectivity index (χ2v) is 18.4. The third kappa shape index (κ3) is 6.86. The third-order valence-electron chi connectivity index (χ3n) is 14.6. The molecule has 0 saturated carbocycles. The van der Waals surface area contributed by atoms with E-state index in [1.54, 1.807) is 0 Å². The van der Waals surface area contributed by atoms with Crippen LogP contribution < -0.4 is 4.90 Å². The average Bonchev–Trinajstić information content (AvgIpc) is 3.75. The molecule has 1 aliphatic carbocycles. The number of para-hydroxylation sites is 1. The Morgan fingerprint density at radius 2 is 0.714 bits per heavy atom. The molecule has 0 N–H and O–H groups in total. The van der Waals surface area contributed by atoms with Crippen LogP contribution in [0.5, 0.6) is 0 Å². The number of anilines is 3. The standard InChI is InChI=1S/C69H47N/c1-3-21-56(22-4-1)69(57-23-5-2-6-24-57)65-30-13-11-27-64(65)68-63(29-16-31-66(68)69)53-41-45-59(46-42-53)70(58-43-39-49(40-44-58)55-38-33-48-17-7-8-19-54(48)47-55)67-32-14-12-26-62(67)52-36-34-51(35-37-52)61-28-15-20-50-18-9-10-25-60(50)61/h1-47H. The lowest BCUT2D eigenvalue weighted by atomic mass is 9.67. The fraction of sp³-hybridized carbons (Fsp3) is 0.0145. The lowest BCUT2D eigenvalue weighted by molar-refractivity contribution is 0.768. The number of fused-ring (bicyclic) bond motifs is 5. The van der Waals surface area contributed by atoms with Crippen LogP contribution in [0.15, 0.2) is 285 Å². The monoisotopic (exact) mass is 889 g/mol. The van der Waals surface area contributed by atoms with Crippen LogP contribution in [0.3, 0.4) is 0 Å². The Labute approximate surface area is 409 Å². The summed E-state index contributed by atoms with van der Waals surface area (Å²) in [5, 5.41) is 4.99. The van der Waals surface area contributed by atoms with Gasteiger partial charge in [-0.2, -0.15) is 0 Å². The van der Waals surface area contributed by atoms with Gasteiger partial charge in [0.05, 0.1) is 11.1 Å². The summed E-state index contributed by atoms with van der Waals surface area (Å²) >= 11 is 0. The van der Waals surface area contributed by atoms with Crippen LogP contribution in [0.2, 0.25) is 0 Å². The van der Waals surface area contributed by atoms with Crippen molar-refractivity contribution in [3.05, 3.63) is 307 Å². The number of rotatable bonds is 9. The van der Waals surface area contributed by atoms with Gasteiger partial charge in [0.25, 0.3) is 0 Å². The van der Waals surface area contributed by atoms with Crippen LogP contribution in [0.4, 0.5) is 17.1 Å². The van der Waals surface area contributed by atoms with E-state index in [9.17, 15) is 0 Å². The molecule has 0 spiro atoms. The predicted octanol–water partition coefficient (Wildman–Crippen LogP) is 18.5. The molecule has 0 amide bonds. The predicted molar refractivity (Wildman–Crippen MR) is 295 cm³/mol. The van der Waals surface area contributed by atoms with Crippen LogP contribution >= 0.6 is 0 Å². The lowest BCUT2D eigenvalue weighted by Gasteiger charge is -2.34. The van der Waals surface area contributed by atoms with E-state index in [-0.39, 0.29) is 0 Å². The van der Waals surface area contributed by atoms with E-state index >= 15 is 0 Å². The minimum absolute atomic E-state index is 0.461. The molecule has 70 heavy (non-hydrogen) atoms. The number of hydrogen-bond acceptors (Lipinski definition) is 1. The maximum atomic E-state index is 2.42. The second kappa shape index (κ2) is 17.2. The Balaban J connectivity index is 0.936. The van der Waals surface area contributed by atoms with E-state index in [4.69, 9.17) is 0 Å². The summed E-state index contributed by atoms with van der Waals surface area (Å²) in [6.45, 7) is 0. The highest BCUT2D eigenvalue weighted by atomic mass is 15.1. The molecule has 0 heterocycles. The molecule has 0 unspecified atom stereocenters. The van der Waals surface area contributed by atoms with Crippen molar-refractivity contribution in [1.82, 2.24) is 0 Å². The van der Waals surface area contributed by atoms with E-state index < -0.39 is 5.41 Å². The van der Waals surface area contributed by atoms with Gasteiger partial charge in [-0.05, 0) is 130 Å². The van der Waals surface area contributed by atoms with Crippen molar-refractivity contribution in [3.63, 3.8) is 0 Å². The van der Waals surface area contributed by atoms with Crippen molar-refractivity contribution >= 4 is 38.6 Å². The smallest absolute Gasteiger partial charge is 0.0713 e. The van der Waals surface area contributed by atoms with E-state index in [1.165, 1.54) is 88.3 Å². The molecular formula is C69H47N. The van der Waals surface area contributed by atoms with Gasteiger partial charge in [0.2, 0.25) is 0 Å². The highest BCUT2D eigenvalue weighted by molar-refractivity contribution is 5.99. The summed E-state index contributed by atoms with van der Waals surface area (Å²) in [6, 6.07) is 105. The molecule has 12 aromatic carbocycles. The van der Waals surface area contributed by atoms with Gasteiger partial charge < -0.3 is 4.90 Å². The number of benzene rings is 12. The normalized spacial score (nSPS) is 12.4. The van der Waals surface area contributed by atoms with Crippen molar-refractivity contribution in [1.29, 1.82) is 0 Å². The summed E-state index contributed by atoms with van der Waals surface area (Å²) in [5.74, 6) is 0. The first-order valence-electron chi connectivity index (χ1n) is 24.2. The highest BCUT2D eigenvalue weighted by Crippen LogP contribution is 2.58. The molecule has 0 saturated heterocycles. The van der Waals surface area contributed by atoms with Crippen LogP contribution in [0.25, 0.3) is 77.2 Å². The lowest BCUT2D eigenvalue weighted by Crippen LogP contribution is -2.28. The van der Waals surface area contributed by atoms with Gasteiger partial charge in [0, 0.05) is 16.9 Å². The van der Waals surface area contributed by atoms with Crippen molar-refractivity contribution in [2.75, 3.05) is 4.90 Å². The highest BCUT2D eigenvalue weighted by Gasteiger charge is 2.46. The van der Waals surface area contributed by atoms with Crippen molar-refractivity contribution in [3.8, 4) is 55.6 Å². The maximum Gasteiger partial charge on any atom is 0.0713 e. The molecule has 13 rings (SSSR count). The minimum Gasteiger partial charge on any atom is -0.310 e. The number of nitrogens with zero attached hydrogens (tertiary/aromatic N) is 1. The second-order valence-electron chi connectivity index (χ2n) is 18.4. The van der Waals surface area contributed by atoms with Gasteiger partial charge >= 0.3 is 0 Å². The summed E-state index contributed by atoms with van der Waals surface area (Å²) < 4.78 is 0. The molecule has 0 aromatic heterocycles. The Kier molecular flexibility index (Phi) is 10.1. The summed E-state index contributed by atoms with van der Waals surface area (Å²) in [7, 11) is 0. The topological polar surface area (TPSA) is 3.24 Å². The summed E-state index contributed by atoms with van der Waals surface area (Å²) in [4.78, 5) is 2.42. The van der Waals surface area contributed by atoms with Crippen molar-refractivity contribution < 1.29 is 0 Å². The maximum absolute atomic E-state index is 2.42. The van der Waals surface area contributed by atoms with E-state index in [0.29, 0.717) is 0 Å². The Bertz CT molecular complexity index is 3810. The average molecular weight is 890 g/mol. The molecule has 328 valence electrons. The zero-order chi connectivity index (χ0) is 46.4. The Hall–Kier alpha value is -9.04. The van der Waals surface area contributed by atoms with Gasteiger partial charge in [-0.25, -0.2) is 0 Å². The number of hydrogen-bond donors (Lipinski definition) is 0. The fourth-order valence-corrected chi connectivity index (χ4v) is 11.3. The van der Waals surface area contributed by atoms with Gasteiger partial charge in [-0.1, -0.05) is 249 Å². The first kappa shape index (κ1) is 41.2. The first-order valence-corrected chi connectivity index (χ1v) is 24.2. The third-order valence-corrected chi connectivity index (χ3v) is 14.6. The van der Waals surface area contributed by atoms with Crippen molar-refractivity contribution in [2.45, 2.75) is 5.41 Å². The molecule has 0 bridgehead atoms. The molecular weight excluding hydrogens is 843 g/mol. The van der Waals surface area contributed by atoms with Gasteiger partial charge in [0.1, 0.15) is 0 Å². The Morgan fingerprint density at radius 3 is 1.43 bits per heavy atom. The molecule has 0 aliphatic heterocycles. The quantitative estimate of drug-likeness (QED) is 0.140. The van der Waals surface area contributed by atoms with Gasteiger partial charge in [-0.15, -0.1) is 0 Å². The van der Waals surface area contributed by atoms with Gasteiger partial charge in [-0.3, -0.25) is 0 Å². The van der Waals surface area contributed by atoms with Crippen LogP contribution in [0.1, 0.15) is 22.3 Å². The van der Waals surface area contributed by atoms with Crippen LogP contribution in [-0.2, 0) is 5.41 Å². The first-order chi connectivity index (χ1) is 34.7.